The molecule has 3 heterocycles. The summed E-state index contributed by atoms with van der Waals surface area (Å²) in [6.07, 6.45) is 1.51. The maximum Gasteiger partial charge on any atom is 0.295 e. The van der Waals surface area contributed by atoms with E-state index in [4.69, 9.17) is 0 Å². The number of carbonyl (C=O) groups excluding carboxylic acids is 1. The van der Waals surface area contributed by atoms with Crippen molar-refractivity contribution in [2.75, 3.05) is 10.0 Å². The maximum atomic E-state index is 12.5. The van der Waals surface area contributed by atoms with Gasteiger partial charge in [-0.2, -0.15) is 4.98 Å². The number of nitrogens with zero attached hydrogens (tertiary/aromatic N) is 5. The minimum absolute atomic E-state index is 0.0339. The van der Waals surface area contributed by atoms with Crippen LogP contribution in [0.25, 0.3) is 5.78 Å². The van der Waals surface area contributed by atoms with Crippen molar-refractivity contribution >= 4 is 43.9 Å². The third kappa shape index (κ3) is 3.93. The molecule has 10 nitrogen and oxygen atoms in total. The molecule has 0 saturated heterocycles. The van der Waals surface area contributed by atoms with Crippen molar-refractivity contribution in [2.24, 2.45) is 0 Å². The Balaban J connectivity index is 1.51. The van der Waals surface area contributed by atoms with E-state index in [0.717, 1.165) is 11.4 Å². The molecular weight excluding hydrogens is 414 g/mol. The third-order valence-corrected chi connectivity index (χ3v) is 6.07. The molecule has 3 aromatic heterocycles. The molecule has 12 heteroatoms. The van der Waals surface area contributed by atoms with Crippen LogP contribution in [-0.2, 0) is 10.0 Å². The Hall–Kier alpha value is -3.38. The second kappa shape index (κ2) is 7.22. The van der Waals surface area contributed by atoms with Gasteiger partial charge in [-0.25, -0.2) is 22.9 Å². The molecule has 1 amide bonds. The van der Waals surface area contributed by atoms with Gasteiger partial charge in [0.05, 0.1) is 4.90 Å². The Morgan fingerprint density at radius 3 is 2.59 bits per heavy atom. The lowest BCUT2D eigenvalue weighted by Gasteiger charge is -2.07. The molecule has 4 aromatic rings. The van der Waals surface area contributed by atoms with Crippen LogP contribution in [0.5, 0.6) is 0 Å². The fourth-order valence-corrected chi connectivity index (χ4v) is 4.40. The summed E-state index contributed by atoms with van der Waals surface area (Å²) < 4.78 is 28.6. The Labute approximate surface area is 169 Å². The van der Waals surface area contributed by atoms with Crippen LogP contribution in [0.1, 0.15) is 22.0 Å². The largest absolute Gasteiger partial charge is 0.319 e. The summed E-state index contributed by atoms with van der Waals surface area (Å²) in [6, 6.07) is 7.58. The molecule has 29 heavy (non-hydrogen) atoms. The SMILES string of the molecule is Cc1cc(C)n2nc(C(=O)Nc3ccc(S(=O)(=O)Nc4nccs4)cc3)nc2n1. The van der Waals surface area contributed by atoms with Gasteiger partial charge in [0, 0.05) is 28.7 Å². The summed E-state index contributed by atoms with van der Waals surface area (Å²) in [7, 11) is -3.76. The van der Waals surface area contributed by atoms with Gasteiger partial charge in [0.1, 0.15) is 0 Å². The summed E-state index contributed by atoms with van der Waals surface area (Å²) in [6.45, 7) is 3.68. The minimum atomic E-state index is -3.76. The van der Waals surface area contributed by atoms with E-state index < -0.39 is 15.9 Å². The van der Waals surface area contributed by atoms with Crippen LogP contribution in [0, 0.1) is 13.8 Å². The standard InChI is InChI=1S/C17H15N7O3S2/c1-10-9-11(2)24-16(19-10)21-14(22-24)15(25)20-12-3-5-13(6-4-12)29(26,27)23-17-18-7-8-28-17/h3-9H,1-2H3,(H,18,23)(H,20,25). The zero-order valence-electron chi connectivity index (χ0n) is 15.3. The number of benzene rings is 1. The molecule has 0 radical (unpaired) electrons. The Kier molecular flexibility index (Phi) is 4.72. The number of rotatable bonds is 5. The van der Waals surface area contributed by atoms with Crippen LogP contribution in [-0.4, -0.2) is 38.9 Å². The van der Waals surface area contributed by atoms with Crippen LogP contribution < -0.4 is 10.0 Å². The Morgan fingerprint density at radius 1 is 1.14 bits per heavy atom. The van der Waals surface area contributed by atoms with E-state index in [-0.39, 0.29) is 15.9 Å². The van der Waals surface area contributed by atoms with Crippen molar-refractivity contribution < 1.29 is 13.2 Å². The highest BCUT2D eigenvalue weighted by Gasteiger charge is 2.17. The Bertz CT molecular complexity index is 1300. The van der Waals surface area contributed by atoms with Gasteiger partial charge >= 0.3 is 0 Å². The lowest BCUT2D eigenvalue weighted by atomic mass is 10.3. The second-order valence-corrected chi connectivity index (χ2v) is 8.68. The van der Waals surface area contributed by atoms with Crippen molar-refractivity contribution in [3.63, 3.8) is 0 Å². The number of amides is 1. The first-order chi connectivity index (χ1) is 13.8. The number of aryl methyl sites for hydroxylation is 2. The zero-order chi connectivity index (χ0) is 20.6. The molecule has 0 fully saturated rings. The van der Waals surface area contributed by atoms with Gasteiger partial charge < -0.3 is 5.32 Å². The van der Waals surface area contributed by atoms with Crippen molar-refractivity contribution in [3.05, 3.63) is 59.1 Å². The van der Waals surface area contributed by atoms with E-state index in [2.05, 4.69) is 30.1 Å². The predicted octanol–water partition coefficient (Wildman–Crippen LogP) is 2.25. The summed E-state index contributed by atoms with van der Waals surface area (Å²) in [4.78, 5) is 24.8. The fraction of sp³-hybridized carbons (Fsp3) is 0.118. The number of hydrogen-bond acceptors (Lipinski definition) is 8. The first-order valence-corrected chi connectivity index (χ1v) is 10.7. The van der Waals surface area contributed by atoms with Crippen LogP contribution >= 0.6 is 11.3 Å². The van der Waals surface area contributed by atoms with E-state index in [1.54, 1.807) is 5.38 Å². The van der Waals surface area contributed by atoms with Gasteiger partial charge in [-0.15, -0.1) is 16.4 Å². The molecule has 0 bridgehead atoms. The van der Waals surface area contributed by atoms with E-state index in [1.165, 1.54) is 46.3 Å². The molecule has 0 atom stereocenters. The number of fused-ring (bicyclic) bond motifs is 1. The average molecular weight is 429 g/mol. The predicted molar refractivity (Wildman–Crippen MR) is 108 cm³/mol. The van der Waals surface area contributed by atoms with Crippen LogP contribution in [0.2, 0.25) is 0 Å². The van der Waals surface area contributed by atoms with E-state index >= 15 is 0 Å². The van der Waals surface area contributed by atoms with Gasteiger partial charge in [0.15, 0.2) is 5.13 Å². The highest BCUT2D eigenvalue weighted by Crippen LogP contribution is 2.20. The zero-order valence-corrected chi connectivity index (χ0v) is 17.0. The van der Waals surface area contributed by atoms with E-state index in [9.17, 15) is 13.2 Å². The van der Waals surface area contributed by atoms with Gasteiger partial charge in [0.2, 0.25) is 5.82 Å². The van der Waals surface area contributed by atoms with Gasteiger partial charge in [-0.3, -0.25) is 9.52 Å². The fourth-order valence-electron chi connectivity index (χ4n) is 2.61. The van der Waals surface area contributed by atoms with Crippen LogP contribution in [0.4, 0.5) is 10.8 Å². The van der Waals surface area contributed by atoms with Crippen molar-refractivity contribution in [2.45, 2.75) is 18.7 Å². The van der Waals surface area contributed by atoms with Crippen LogP contribution in [0.3, 0.4) is 0 Å². The quantitative estimate of drug-likeness (QED) is 0.497. The summed E-state index contributed by atoms with van der Waals surface area (Å²) in [5.41, 5.74) is 1.99. The average Bonchev–Trinajstić information content (AvgIpc) is 3.31. The first-order valence-electron chi connectivity index (χ1n) is 8.36. The molecular formula is C17H15N7O3S2. The molecule has 0 aliphatic carbocycles. The molecule has 0 saturated carbocycles. The van der Waals surface area contributed by atoms with Crippen LogP contribution in [0.15, 0.2) is 46.8 Å². The molecule has 0 aliphatic rings. The van der Waals surface area contributed by atoms with Gasteiger partial charge in [0.25, 0.3) is 21.7 Å². The molecule has 2 N–H and O–H groups in total. The van der Waals surface area contributed by atoms with Crippen molar-refractivity contribution in [3.8, 4) is 0 Å². The van der Waals surface area contributed by atoms with Gasteiger partial charge in [-0.1, -0.05) is 0 Å². The monoisotopic (exact) mass is 429 g/mol. The van der Waals surface area contributed by atoms with Crippen molar-refractivity contribution in [1.82, 2.24) is 24.6 Å². The number of aromatic nitrogens is 5. The normalized spacial score (nSPS) is 11.5. The molecule has 1 aromatic carbocycles. The summed E-state index contributed by atoms with van der Waals surface area (Å²) >= 11 is 1.18. The Morgan fingerprint density at radius 2 is 1.90 bits per heavy atom. The smallest absolute Gasteiger partial charge is 0.295 e. The molecule has 0 aliphatic heterocycles. The number of thiazole rings is 1. The number of sulfonamides is 1. The third-order valence-electron chi connectivity index (χ3n) is 3.90. The molecule has 0 spiro atoms. The minimum Gasteiger partial charge on any atom is -0.319 e. The maximum absolute atomic E-state index is 12.5. The number of anilines is 2. The number of carbonyl (C=O) groups is 1. The number of nitrogens with one attached hydrogen (secondary N) is 2. The topological polar surface area (TPSA) is 131 Å². The summed E-state index contributed by atoms with van der Waals surface area (Å²) in [5, 5.41) is 8.76. The van der Waals surface area contributed by atoms with E-state index in [0.29, 0.717) is 11.5 Å². The highest BCUT2D eigenvalue weighted by molar-refractivity contribution is 7.93. The molecule has 4 rings (SSSR count). The van der Waals surface area contributed by atoms with E-state index in [1.807, 2.05) is 19.9 Å². The lowest BCUT2D eigenvalue weighted by Crippen LogP contribution is -2.15. The molecule has 0 unspecified atom stereocenters. The second-order valence-electron chi connectivity index (χ2n) is 6.11. The lowest BCUT2D eigenvalue weighted by molar-refractivity contribution is 0.101. The highest BCUT2D eigenvalue weighted by atomic mass is 32.2. The van der Waals surface area contributed by atoms with Crippen molar-refractivity contribution in [1.29, 1.82) is 0 Å². The summed E-state index contributed by atoms with van der Waals surface area (Å²) in [5.74, 6) is -0.222. The number of hydrogen-bond donors (Lipinski definition) is 2. The van der Waals surface area contributed by atoms with Gasteiger partial charge in [-0.05, 0) is 44.2 Å². The molecule has 148 valence electrons. The first kappa shape index (κ1) is 19.0.